The molecule has 2 N–H and O–H groups in total. The number of hydrogen-bond donors (Lipinski definition) is 2. The summed E-state index contributed by atoms with van der Waals surface area (Å²) in [5, 5.41) is 2.97. The van der Waals surface area contributed by atoms with E-state index in [0.29, 0.717) is 12.4 Å². The van der Waals surface area contributed by atoms with Gasteiger partial charge in [0.1, 0.15) is 5.82 Å². The molecular formula is C12H19N5O2S. The maximum absolute atomic E-state index is 12.4. The topological polar surface area (TPSA) is 83.0 Å². The number of nitrogens with zero attached hydrogens (tertiary/aromatic N) is 3. The second-order valence-electron chi connectivity index (χ2n) is 4.61. The van der Waals surface area contributed by atoms with Gasteiger partial charge in [0, 0.05) is 44.9 Å². The van der Waals surface area contributed by atoms with Crippen LogP contribution in [-0.2, 0) is 30.2 Å². The third kappa shape index (κ3) is 2.92. The minimum absolute atomic E-state index is 0.234. The Morgan fingerprint density at radius 3 is 2.85 bits per heavy atom. The first-order valence-corrected chi connectivity index (χ1v) is 7.63. The highest BCUT2D eigenvalue weighted by Crippen LogP contribution is 2.17. The lowest BCUT2D eigenvalue weighted by molar-refractivity contribution is 0.451. The first-order chi connectivity index (χ1) is 9.45. The average Bonchev–Trinajstić information content (AvgIpc) is 3.00. The van der Waals surface area contributed by atoms with Crippen LogP contribution in [0.5, 0.6) is 0 Å². The molecule has 0 aliphatic carbocycles. The highest BCUT2D eigenvalue weighted by atomic mass is 32.2. The van der Waals surface area contributed by atoms with Crippen LogP contribution in [0, 0.1) is 0 Å². The van der Waals surface area contributed by atoms with Crippen LogP contribution in [0.4, 0.5) is 0 Å². The van der Waals surface area contributed by atoms with E-state index in [1.165, 1.54) is 10.5 Å². The number of sulfonamides is 1. The van der Waals surface area contributed by atoms with Crippen molar-refractivity contribution in [3.8, 4) is 0 Å². The monoisotopic (exact) mass is 297 g/mol. The van der Waals surface area contributed by atoms with E-state index in [2.05, 4.69) is 15.3 Å². The Morgan fingerprint density at radius 2 is 2.25 bits per heavy atom. The Balaban J connectivity index is 2.18. The van der Waals surface area contributed by atoms with Gasteiger partial charge in [-0.25, -0.2) is 13.4 Å². The van der Waals surface area contributed by atoms with Crippen molar-refractivity contribution in [2.24, 2.45) is 7.05 Å². The van der Waals surface area contributed by atoms with Crippen LogP contribution in [0.2, 0.25) is 0 Å². The van der Waals surface area contributed by atoms with Crippen molar-refractivity contribution in [2.45, 2.75) is 18.0 Å². The van der Waals surface area contributed by atoms with Crippen molar-refractivity contribution in [1.82, 2.24) is 24.2 Å². The number of aryl methyl sites for hydroxylation is 1. The minimum Gasteiger partial charge on any atom is -0.363 e. The fraction of sp³-hybridized carbons (Fsp3) is 0.417. The molecule has 8 heteroatoms. The highest BCUT2D eigenvalue weighted by Gasteiger charge is 2.23. The Kier molecular flexibility index (Phi) is 4.26. The summed E-state index contributed by atoms with van der Waals surface area (Å²) >= 11 is 0. The van der Waals surface area contributed by atoms with E-state index in [-0.39, 0.29) is 11.4 Å². The number of aromatic amines is 1. The van der Waals surface area contributed by atoms with Gasteiger partial charge in [0.25, 0.3) is 0 Å². The van der Waals surface area contributed by atoms with Crippen molar-refractivity contribution < 1.29 is 8.42 Å². The van der Waals surface area contributed by atoms with Gasteiger partial charge in [0.15, 0.2) is 0 Å². The van der Waals surface area contributed by atoms with Gasteiger partial charge >= 0.3 is 0 Å². The van der Waals surface area contributed by atoms with Crippen molar-refractivity contribution >= 4 is 10.0 Å². The van der Waals surface area contributed by atoms with Crippen LogP contribution in [0.25, 0.3) is 0 Å². The van der Waals surface area contributed by atoms with Crippen LogP contribution in [0.1, 0.15) is 11.5 Å². The molecule has 0 saturated heterocycles. The zero-order valence-electron chi connectivity index (χ0n) is 11.8. The lowest BCUT2D eigenvalue weighted by Crippen LogP contribution is -2.27. The summed E-state index contributed by atoms with van der Waals surface area (Å²) < 4.78 is 28.0. The molecule has 0 amide bonds. The molecule has 0 aliphatic heterocycles. The van der Waals surface area contributed by atoms with Crippen LogP contribution < -0.4 is 5.32 Å². The molecule has 0 saturated carbocycles. The standard InChI is InChI=1S/C12H19N5O2S/c1-13-7-10-6-11(8-15-10)20(18,19)17(3)9-12-14-4-5-16(12)2/h4-6,8,13,15H,7,9H2,1-3H3. The van der Waals surface area contributed by atoms with E-state index in [4.69, 9.17) is 0 Å². The Labute approximate surface area is 118 Å². The lowest BCUT2D eigenvalue weighted by Gasteiger charge is -2.15. The zero-order valence-corrected chi connectivity index (χ0v) is 12.6. The summed E-state index contributed by atoms with van der Waals surface area (Å²) in [6.07, 6.45) is 4.95. The summed E-state index contributed by atoms with van der Waals surface area (Å²) in [5.41, 5.74) is 0.830. The zero-order chi connectivity index (χ0) is 14.8. The van der Waals surface area contributed by atoms with E-state index in [9.17, 15) is 8.42 Å². The van der Waals surface area contributed by atoms with Gasteiger partial charge < -0.3 is 14.9 Å². The van der Waals surface area contributed by atoms with E-state index in [1.807, 2.05) is 14.1 Å². The Hall–Kier alpha value is -1.64. The minimum atomic E-state index is -3.51. The second-order valence-corrected chi connectivity index (χ2v) is 6.65. The molecule has 0 fully saturated rings. The quantitative estimate of drug-likeness (QED) is 0.803. The van der Waals surface area contributed by atoms with Gasteiger partial charge in [-0.2, -0.15) is 4.31 Å². The highest BCUT2D eigenvalue weighted by molar-refractivity contribution is 7.89. The van der Waals surface area contributed by atoms with Gasteiger partial charge in [-0.15, -0.1) is 0 Å². The summed E-state index contributed by atoms with van der Waals surface area (Å²) in [6.45, 7) is 0.830. The maximum Gasteiger partial charge on any atom is 0.244 e. The van der Waals surface area contributed by atoms with Gasteiger partial charge in [0.05, 0.1) is 11.4 Å². The van der Waals surface area contributed by atoms with Crippen LogP contribution >= 0.6 is 0 Å². The van der Waals surface area contributed by atoms with Gasteiger partial charge in [-0.05, 0) is 13.1 Å². The number of H-pyrrole nitrogens is 1. The number of imidazole rings is 1. The number of hydrogen-bond acceptors (Lipinski definition) is 4. The van der Waals surface area contributed by atoms with Gasteiger partial charge in [0.2, 0.25) is 10.0 Å². The molecule has 2 rings (SSSR count). The van der Waals surface area contributed by atoms with E-state index >= 15 is 0 Å². The molecule has 20 heavy (non-hydrogen) atoms. The molecule has 0 unspecified atom stereocenters. The summed E-state index contributed by atoms with van der Waals surface area (Å²) in [7, 11) is 1.69. The molecule has 0 aliphatic rings. The summed E-state index contributed by atoms with van der Waals surface area (Å²) in [6, 6.07) is 1.64. The Morgan fingerprint density at radius 1 is 1.50 bits per heavy atom. The molecule has 0 aromatic carbocycles. The molecule has 0 spiro atoms. The predicted octanol–water partition coefficient (Wildman–Crippen LogP) is 0.288. The number of nitrogens with one attached hydrogen (secondary N) is 2. The van der Waals surface area contributed by atoms with Crippen molar-refractivity contribution in [3.63, 3.8) is 0 Å². The molecular weight excluding hydrogens is 278 g/mol. The maximum atomic E-state index is 12.4. The number of rotatable bonds is 6. The van der Waals surface area contributed by atoms with Gasteiger partial charge in [-0.1, -0.05) is 0 Å². The molecule has 0 atom stereocenters. The van der Waals surface area contributed by atoms with Crippen LogP contribution in [0.3, 0.4) is 0 Å². The van der Waals surface area contributed by atoms with Crippen LogP contribution in [0.15, 0.2) is 29.6 Å². The average molecular weight is 297 g/mol. The predicted molar refractivity (Wildman–Crippen MR) is 75.4 cm³/mol. The third-order valence-corrected chi connectivity index (χ3v) is 4.86. The smallest absolute Gasteiger partial charge is 0.244 e. The third-order valence-electron chi connectivity index (χ3n) is 3.08. The van der Waals surface area contributed by atoms with Crippen molar-refractivity contribution in [1.29, 1.82) is 0 Å². The normalized spacial score (nSPS) is 12.2. The van der Waals surface area contributed by atoms with E-state index in [1.54, 1.807) is 30.1 Å². The molecule has 2 heterocycles. The number of aromatic nitrogens is 3. The van der Waals surface area contributed by atoms with Crippen molar-refractivity contribution in [3.05, 3.63) is 36.2 Å². The largest absolute Gasteiger partial charge is 0.363 e. The summed E-state index contributed by atoms with van der Waals surface area (Å²) in [5.74, 6) is 0.696. The Bertz CT molecular complexity index is 674. The summed E-state index contributed by atoms with van der Waals surface area (Å²) in [4.78, 5) is 7.35. The molecule has 2 aromatic rings. The van der Waals surface area contributed by atoms with Gasteiger partial charge in [-0.3, -0.25) is 0 Å². The molecule has 0 bridgehead atoms. The molecule has 110 valence electrons. The second kappa shape index (κ2) is 5.78. The molecule has 0 radical (unpaired) electrons. The first-order valence-electron chi connectivity index (χ1n) is 6.19. The fourth-order valence-corrected chi connectivity index (χ4v) is 3.02. The first kappa shape index (κ1) is 14.8. The fourth-order valence-electron chi connectivity index (χ4n) is 1.87. The molecule has 7 nitrogen and oxygen atoms in total. The SMILES string of the molecule is CNCc1cc(S(=O)(=O)N(C)Cc2nccn2C)c[nH]1. The van der Waals surface area contributed by atoms with Crippen molar-refractivity contribution in [2.75, 3.05) is 14.1 Å². The lowest BCUT2D eigenvalue weighted by atomic mass is 10.4. The van der Waals surface area contributed by atoms with Crippen LogP contribution in [-0.4, -0.2) is 41.4 Å². The van der Waals surface area contributed by atoms with E-state index in [0.717, 1.165) is 5.69 Å². The van der Waals surface area contributed by atoms with E-state index < -0.39 is 10.0 Å². The molecule has 2 aromatic heterocycles.